The normalized spacial score (nSPS) is 12.7. The van der Waals surface area contributed by atoms with Gasteiger partial charge in [0.25, 0.3) is 0 Å². The highest BCUT2D eigenvalue weighted by Crippen LogP contribution is 2.16. The van der Waals surface area contributed by atoms with Crippen LogP contribution in [0.25, 0.3) is 0 Å². The van der Waals surface area contributed by atoms with Crippen molar-refractivity contribution in [2.75, 3.05) is 7.11 Å². The van der Waals surface area contributed by atoms with Crippen molar-refractivity contribution in [2.45, 2.75) is 33.2 Å². The average molecular weight is 279 g/mol. The maximum absolute atomic E-state index is 11.7. The molecule has 0 heterocycles. The van der Waals surface area contributed by atoms with Crippen LogP contribution in [0, 0.1) is 5.41 Å². The fraction of sp³-hybridized carbons (Fsp3) is 0.467. The van der Waals surface area contributed by atoms with Crippen LogP contribution >= 0.6 is 0 Å². The summed E-state index contributed by atoms with van der Waals surface area (Å²) in [6, 6.07) is 6.34. The molecule has 1 rings (SSSR count). The minimum absolute atomic E-state index is 0.306. The molecule has 1 aromatic rings. The highest BCUT2D eigenvalue weighted by Gasteiger charge is 2.28. The first kappa shape index (κ1) is 16.2. The van der Waals surface area contributed by atoms with Crippen molar-refractivity contribution in [2.24, 2.45) is 11.1 Å². The van der Waals surface area contributed by atoms with E-state index in [-0.39, 0.29) is 0 Å². The zero-order valence-electron chi connectivity index (χ0n) is 12.3. The Morgan fingerprint density at radius 1 is 1.20 bits per heavy atom. The molecule has 0 spiro atoms. The molecule has 0 fully saturated rings. The maximum atomic E-state index is 11.7. The fourth-order valence-corrected chi connectivity index (χ4v) is 1.42. The van der Waals surface area contributed by atoms with E-state index in [1.807, 2.05) is 12.1 Å². The SMILES string of the molecule is COc1ccc(C[C@H](N)C(=O)OC(=O)C(C)(C)C)cc1. The van der Waals surface area contributed by atoms with Gasteiger partial charge in [-0.1, -0.05) is 12.1 Å². The number of methoxy groups -OCH3 is 1. The Balaban J connectivity index is 2.59. The third-order valence-corrected chi connectivity index (χ3v) is 2.72. The summed E-state index contributed by atoms with van der Waals surface area (Å²) in [6.45, 7) is 5.03. The lowest BCUT2D eigenvalue weighted by molar-refractivity contribution is -0.166. The fourth-order valence-electron chi connectivity index (χ4n) is 1.42. The first-order valence-corrected chi connectivity index (χ1v) is 6.38. The van der Waals surface area contributed by atoms with Crippen LogP contribution in [0.2, 0.25) is 0 Å². The zero-order chi connectivity index (χ0) is 15.3. The summed E-state index contributed by atoms with van der Waals surface area (Å²) in [7, 11) is 1.58. The lowest BCUT2D eigenvalue weighted by atomic mass is 9.97. The first-order valence-electron chi connectivity index (χ1n) is 6.38. The Labute approximate surface area is 119 Å². The molecule has 0 saturated heterocycles. The molecule has 0 radical (unpaired) electrons. The number of benzene rings is 1. The molecule has 5 heteroatoms. The van der Waals surface area contributed by atoms with Crippen molar-refractivity contribution in [1.29, 1.82) is 0 Å². The van der Waals surface area contributed by atoms with Crippen molar-refractivity contribution < 1.29 is 19.1 Å². The Morgan fingerprint density at radius 3 is 2.20 bits per heavy atom. The van der Waals surface area contributed by atoms with Crippen molar-refractivity contribution in [3.8, 4) is 5.75 Å². The molecule has 0 aromatic heterocycles. The third-order valence-electron chi connectivity index (χ3n) is 2.72. The Kier molecular flexibility index (Phi) is 5.27. The van der Waals surface area contributed by atoms with E-state index < -0.39 is 23.4 Å². The molecule has 1 atom stereocenters. The van der Waals surface area contributed by atoms with Crippen LogP contribution in [0.3, 0.4) is 0 Å². The molecule has 1 aromatic carbocycles. The highest BCUT2D eigenvalue weighted by molar-refractivity contribution is 5.90. The van der Waals surface area contributed by atoms with Gasteiger partial charge in [-0.05, 0) is 44.9 Å². The molecule has 110 valence electrons. The topological polar surface area (TPSA) is 78.6 Å². The second kappa shape index (κ2) is 6.52. The van der Waals surface area contributed by atoms with Crippen LogP contribution in [-0.2, 0) is 20.7 Å². The predicted molar refractivity (Wildman–Crippen MR) is 75.2 cm³/mol. The van der Waals surface area contributed by atoms with Gasteiger partial charge in [0, 0.05) is 0 Å². The lowest BCUT2D eigenvalue weighted by Crippen LogP contribution is -2.38. The number of carbonyl (C=O) groups excluding carboxylic acids is 2. The number of nitrogens with two attached hydrogens (primary N) is 1. The molecule has 2 N–H and O–H groups in total. The summed E-state index contributed by atoms with van der Waals surface area (Å²) in [6.07, 6.45) is 0.306. The number of esters is 2. The average Bonchev–Trinajstić information content (AvgIpc) is 2.38. The van der Waals surface area contributed by atoms with E-state index >= 15 is 0 Å². The van der Waals surface area contributed by atoms with Crippen molar-refractivity contribution in [3.05, 3.63) is 29.8 Å². The van der Waals surface area contributed by atoms with E-state index in [2.05, 4.69) is 0 Å². The van der Waals surface area contributed by atoms with Crippen molar-refractivity contribution in [1.82, 2.24) is 0 Å². The lowest BCUT2D eigenvalue weighted by Gasteiger charge is -2.17. The molecule has 0 aliphatic carbocycles. The van der Waals surface area contributed by atoms with Crippen LogP contribution in [-0.4, -0.2) is 25.1 Å². The minimum atomic E-state index is -0.866. The molecule has 0 saturated carbocycles. The monoisotopic (exact) mass is 279 g/mol. The number of ether oxygens (including phenoxy) is 2. The van der Waals surface area contributed by atoms with Crippen LogP contribution in [0.15, 0.2) is 24.3 Å². The van der Waals surface area contributed by atoms with Gasteiger partial charge >= 0.3 is 11.9 Å². The van der Waals surface area contributed by atoms with E-state index in [0.29, 0.717) is 6.42 Å². The zero-order valence-corrected chi connectivity index (χ0v) is 12.3. The molecular formula is C15H21NO4. The van der Waals surface area contributed by atoms with Crippen LogP contribution in [0.4, 0.5) is 0 Å². The third kappa shape index (κ3) is 4.66. The van der Waals surface area contributed by atoms with E-state index in [4.69, 9.17) is 15.2 Å². The van der Waals surface area contributed by atoms with Crippen LogP contribution in [0.5, 0.6) is 5.75 Å². The number of hydrogen-bond acceptors (Lipinski definition) is 5. The van der Waals surface area contributed by atoms with Gasteiger partial charge in [-0.15, -0.1) is 0 Å². The van der Waals surface area contributed by atoms with E-state index in [1.165, 1.54) is 0 Å². The van der Waals surface area contributed by atoms with Crippen LogP contribution in [0.1, 0.15) is 26.3 Å². The Hall–Kier alpha value is -1.88. The van der Waals surface area contributed by atoms with E-state index in [1.54, 1.807) is 40.0 Å². The molecule has 0 amide bonds. The van der Waals surface area contributed by atoms with E-state index in [0.717, 1.165) is 11.3 Å². The summed E-state index contributed by atoms with van der Waals surface area (Å²) in [5, 5.41) is 0. The summed E-state index contributed by atoms with van der Waals surface area (Å²) < 4.78 is 9.81. The number of hydrogen-bond donors (Lipinski definition) is 1. The van der Waals surface area contributed by atoms with E-state index in [9.17, 15) is 9.59 Å². The summed E-state index contributed by atoms with van der Waals surface area (Å²) in [5.41, 5.74) is 5.90. The first-order chi connectivity index (χ1) is 9.24. The van der Waals surface area contributed by atoms with Gasteiger partial charge < -0.3 is 15.2 Å². The van der Waals surface area contributed by atoms with Gasteiger partial charge in [0.2, 0.25) is 0 Å². The Morgan fingerprint density at radius 2 is 1.75 bits per heavy atom. The number of rotatable bonds is 4. The second-order valence-electron chi connectivity index (χ2n) is 5.62. The summed E-state index contributed by atoms with van der Waals surface area (Å²) in [4.78, 5) is 23.3. The van der Waals surface area contributed by atoms with Gasteiger partial charge in [-0.25, -0.2) is 4.79 Å². The molecule has 0 aliphatic rings. The van der Waals surface area contributed by atoms with Crippen molar-refractivity contribution in [3.63, 3.8) is 0 Å². The summed E-state index contributed by atoms with van der Waals surface area (Å²) in [5.74, 6) is -0.554. The molecule has 0 aliphatic heterocycles. The molecular weight excluding hydrogens is 258 g/mol. The summed E-state index contributed by atoms with van der Waals surface area (Å²) >= 11 is 0. The molecule has 20 heavy (non-hydrogen) atoms. The second-order valence-corrected chi connectivity index (χ2v) is 5.62. The van der Waals surface area contributed by atoms with Gasteiger partial charge in [0.05, 0.1) is 12.5 Å². The molecule has 5 nitrogen and oxygen atoms in total. The van der Waals surface area contributed by atoms with Gasteiger partial charge in [-0.3, -0.25) is 4.79 Å². The largest absolute Gasteiger partial charge is 0.497 e. The standard InChI is InChI=1S/C15H21NO4/c1-15(2,3)14(18)20-13(17)12(16)9-10-5-7-11(19-4)8-6-10/h5-8,12H,9,16H2,1-4H3/t12-/m0/s1. The van der Waals surface area contributed by atoms with Gasteiger partial charge in [0.15, 0.2) is 0 Å². The number of carbonyl (C=O) groups is 2. The molecule has 0 bridgehead atoms. The van der Waals surface area contributed by atoms with Crippen LogP contribution < -0.4 is 10.5 Å². The quantitative estimate of drug-likeness (QED) is 0.670. The smallest absolute Gasteiger partial charge is 0.330 e. The maximum Gasteiger partial charge on any atom is 0.330 e. The van der Waals surface area contributed by atoms with Crippen molar-refractivity contribution >= 4 is 11.9 Å². The minimum Gasteiger partial charge on any atom is -0.497 e. The van der Waals surface area contributed by atoms with Gasteiger partial charge in [-0.2, -0.15) is 0 Å². The molecule has 0 unspecified atom stereocenters. The highest BCUT2D eigenvalue weighted by atomic mass is 16.6. The van der Waals surface area contributed by atoms with Gasteiger partial charge in [0.1, 0.15) is 11.8 Å². The Bertz CT molecular complexity index is 474. The predicted octanol–water partition coefficient (Wildman–Crippen LogP) is 1.68.